The number of hydrogen-bond acceptors (Lipinski definition) is 5. The summed E-state index contributed by atoms with van der Waals surface area (Å²) in [6.07, 6.45) is 0.919. The summed E-state index contributed by atoms with van der Waals surface area (Å²) >= 11 is 0. The largest absolute Gasteiger partial charge is 0.396 e. The average Bonchev–Trinajstić information content (AvgIpc) is 2.58. The molecule has 6 heteroatoms. The van der Waals surface area contributed by atoms with Gasteiger partial charge in [-0.2, -0.15) is 0 Å². The number of carbonyl (C=O) groups excluding carboxylic acids is 1. The van der Waals surface area contributed by atoms with Crippen molar-refractivity contribution >= 4 is 17.4 Å². The van der Waals surface area contributed by atoms with Crippen molar-refractivity contribution < 1.29 is 9.53 Å². The lowest BCUT2D eigenvalue weighted by molar-refractivity contribution is 0.0995. The highest BCUT2D eigenvalue weighted by Crippen LogP contribution is 2.21. The summed E-state index contributed by atoms with van der Waals surface area (Å²) in [5.41, 5.74) is 11.9. The minimum atomic E-state index is -0.544. The Balaban J connectivity index is 2.28. The van der Waals surface area contributed by atoms with E-state index in [1.54, 1.807) is 6.07 Å². The van der Waals surface area contributed by atoms with Gasteiger partial charge in [-0.1, -0.05) is 0 Å². The van der Waals surface area contributed by atoms with E-state index in [0.717, 1.165) is 26.1 Å². The summed E-state index contributed by atoms with van der Waals surface area (Å²) in [5, 5.41) is 0. The highest BCUT2D eigenvalue weighted by molar-refractivity contribution is 5.91. The maximum Gasteiger partial charge on any atom is 0.267 e. The van der Waals surface area contributed by atoms with Crippen LogP contribution in [-0.2, 0) is 4.74 Å². The summed E-state index contributed by atoms with van der Waals surface area (Å²) < 4.78 is 5.36. The molecular weight excluding hydrogens is 220 g/mol. The smallest absolute Gasteiger partial charge is 0.267 e. The van der Waals surface area contributed by atoms with Crippen molar-refractivity contribution in [2.45, 2.75) is 6.42 Å². The topological polar surface area (TPSA) is 94.5 Å². The minimum absolute atomic E-state index is 0.236. The third-order valence-corrected chi connectivity index (χ3v) is 2.68. The zero-order valence-electron chi connectivity index (χ0n) is 9.56. The number of carbonyl (C=O) groups is 1. The Morgan fingerprint density at radius 1 is 1.35 bits per heavy atom. The molecule has 1 amide bonds. The van der Waals surface area contributed by atoms with Gasteiger partial charge in [-0.05, 0) is 18.6 Å². The van der Waals surface area contributed by atoms with Gasteiger partial charge in [0.1, 0.15) is 5.69 Å². The van der Waals surface area contributed by atoms with Gasteiger partial charge < -0.3 is 21.1 Å². The molecule has 4 N–H and O–H groups in total. The molecule has 17 heavy (non-hydrogen) atoms. The lowest BCUT2D eigenvalue weighted by Gasteiger charge is -2.22. The molecular formula is C11H16N4O2. The van der Waals surface area contributed by atoms with Gasteiger partial charge in [0.05, 0.1) is 12.3 Å². The van der Waals surface area contributed by atoms with Gasteiger partial charge in [0.15, 0.2) is 5.82 Å². The van der Waals surface area contributed by atoms with Gasteiger partial charge >= 0.3 is 0 Å². The van der Waals surface area contributed by atoms with Gasteiger partial charge in [-0.15, -0.1) is 0 Å². The first-order valence-electron chi connectivity index (χ1n) is 5.57. The molecule has 6 nitrogen and oxygen atoms in total. The molecule has 2 heterocycles. The Hall–Kier alpha value is -1.82. The monoisotopic (exact) mass is 236 g/mol. The van der Waals surface area contributed by atoms with E-state index in [2.05, 4.69) is 4.98 Å². The van der Waals surface area contributed by atoms with Crippen LogP contribution in [0.5, 0.6) is 0 Å². The predicted molar refractivity (Wildman–Crippen MR) is 64.8 cm³/mol. The third kappa shape index (κ3) is 2.65. The zero-order valence-corrected chi connectivity index (χ0v) is 9.56. The van der Waals surface area contributed by atoms with Crippen molar-refractivity contribution in [2.75, 3.05) is 36.9 Å². The highest BCUT2D eigenvalue weighted by Gasteiger charge is 2.15. The van der Waals surface area contributed by atoms with E-state index in [0.29, 0.717) is 18.1 Å². The first kappa shape index (κ1) is 11.7. The number of nitrogens with zero attached hydrogens (tertiary/aromatic N) is 2. The Bertz CT molecular complexity index is 414. The van der Waals surface area contributed by atoms with Gasteiger partial charge in [0.2, 0.25) is 0 Å². The number of aromatic nitrogens is 1. The number of anilines is 2. The van der Waals surface area contributed by atoms with Gasteiger partial charge in [-0.3, -0.25) is 4.79 Å². The molecule has 1 aliphatic rings. The second-order valence-corrected chi connectivity index (χ2v) is 3.93. The fourth-order valence-electron chi connectivity index (χ4n) is 1.81. The van der Waals surface area contributed by atoms with E-state index < -0.39 is 5.91 Å². The van der Waals surface area contributed by atoms with Crippen LogP contribution in [0.4, 0.5) is 11.5 Å². The summed E-state index contributed by atoms with van der Waals surface area (Å²) in [6, 6.07) is 3.20. The Kier molecular flexibility index (Phi) is 3.43. The molecule has 0 aliphatic carbocycles. The number of ether oxygens (including phenoxy) is 1. The van der Waals surface area contributed by atoms with Crippen LogP contribution in [0.1, 0.15) is 16.9 Å². The maximum atomic E-state index is 11.1. The molecule has 1 saturated heterocycles. The molecule has 92 valence electrons. The third-order valence-electron chi connectivity index (χ3n) is 2.68. The fourth-order valence-corrected chi connectivity index (χ4v) is 1.81. The van der Waals surface area contributed by atoms with Crippen LogP contribution in [0.3, 0.4) is 0 Å². The predicted octanol–water partition coefficient (Wildman–Crippen LogP) is -0.0106. The van der Waals surface area contributed by atoms with Crippen LogP contribution < -0.4 is 16.4 Å². The number of rotatable bonds is 2. The fraction of sp³-hybridized carbons (Fsp3) is 0.455. The maximum absolute atomic E-state index is 11.1. The lowest BCUT2D eigenvalue weighted by atomic mass is 10.3. The molecule has 0 radical (unpaired) electrons. The number of nitrogens with two attached hydrogens (primary N) is 2. The van der Waals surface area contributed by atoms with E-state index in [4.69, 9.17) is 16.2 Å². The van der Waals surface area contributed by atoms with Crippen LogP contribution in [-0.4, -0.2) is 37.2 Å². The molecule has 1 aromatic heterocycles. The van der Waals surface area contributed by atoms with Crippen LogP contribution in [0.25, 0.3) is 0 Å². The van der Waals surface area contributed by atoms with E-state index in [1.165, 1.54) is 6.07 Å². The standard InChI is InChI=1S/C11H16N4O2/c12-8-2-3-9(10(13)16)14-11(8)15-4-1-6-17-7-5-15/h2-3H,1,4-7,12H2,(H2,13,16). The molecule has 2 rings (SSSR count). The molecule has 1 aliphatic heterocycles. The van der Waals surface area contributed by atoms with Gasteiger partial charge in [0.25, 0.3) is 5.91 Å². The van der Waals surface area contributed by atoms with E-state index in [1.807, 2.05) is 4.90 Å². The second-order valence-electron chi connectivity index (χ2n) is 3.93. The van der Waals surface area contributed by atoms with Crippen molar-refractivity contribution in [3.63, 3.8) is 0 Å². The number of amides is 1. The Morgan fingerprint density at radius 3 is 2.94 bits per heavy atom. The van der Waals surface area contributed by atoms with Gasteiger partial charge in [0, 0.05) is 19.7 Å². The lowest BCUT2D eigenvalue weighted by Crippen LogP contribution is -2.28. The van der Waals surface area contributed by atoms with Crippen LogP contribution >= 0.6 is 0 Å². The van der Waals surface area contributed by atoms with Crippen LogP contribution in [0, 0.1) is 0 Å². The number of primary amides is 1. The Morgan fingerprint density at radius 2 is 2.18 bits per heavy atom. The Labute approximate surface area is 99.5 Å². The summed E-state index contributed by atoms with van der Waals surface area (Å²) in [7, 11) is 0. The van der Waals surface area contributed by atoms with Crippen LogP contribution in [0.2, 0.25) is 0 Å². The minimum Gasteiger partial charge on any atom is -0.396 e. The van der Waals surface area contributed by atoms with Crippen LogP contribution in [0.15, 0.2) is 12.1 Å². The molecule has 0 bridgehead atoms. The van der Waals surface area contributed by atoms with Crippen molar-refractivity contribution in [1.82, 2.24) is 4.98 Å². The van der Waals surface area contributed by atoms with E-state index in [-0.39, 0.29) is 5.69 Å². The van der Waals surface area contributed by atoms with Crippen molar-refractivity contribution in [1.29, 1.82) is 0 Å². The van der Waals surface area contributed by atoms with E-state index in [9.17, 15) is 4.79 Å². The summed E-state index contributed by atoms with van der Waals surface area (Å²) in [5.74, 6) is 0.0733. The number of pyridine rings is 1. The van der Waals surface area contributed by atoms with E-state index >= 15 is 0 Å². The average molecular weight is 236 g/mol. The van der Waals surface area contributed by atoms with Crippen molar-refractivity contribution in [3.8, 4) is 0 Å². The normalized spacial score (nSPS) is 16.6. The molecule has 0 spiro atoms. The number of nitrogen functional groups attached to an aromatic ring is 1. The van der Waals surface area contributed by atoms with Crippen molar-refractivity contribution in [3.05, 3.63) is 17.8 Å². The summed E-state index contributed by atoms with van der Waals surface area (Å²) in [4.78, 5) is 17.3. The molecule has 0 saturated carbocycles. The molecule has 0 unspecified atom stereocenters. The first-order chi connectivity index (χ1) is 8.18. The molecule has 1 fully saturated rings. The number of hydrogen-bond donors (Lipinski definition) is 2. The molecule has 1 aromatic rings. The summed E-state index contributed by atoms with van der Waals surface area (Å²) in [6.45, 7) is 2.92. The molecule has 0 aromatic carbocycles. The second kappa shape index (κ2) is 5.01. The van der Waals surface area contributed by atoms with Crippen molar-refractivity contribution in [2.24, 2.45) is 5.73 Å². The molecule has 0 atom stereocenters. The highest BCUT2D eigenvalue weighted by atomic mass is 16.5. The SMILES string of the molecule is NC(=O)c1ccc(N)c(N2CCCOCC2)n1. The quantitative estimate of drug-likeness (QED) is 0.753. The van der Waals surface area contributed by atoms with Gasteiger partial charge in [-0.25, -0.2) is 4.98 Å². The first-order valence-corrected chi connectivity index (χ1v) is 5.57. The zero-order chi connectivity index (χ0) is 12.3.